The molecule has 0 saturated heterocycles. The topological polar surface area (TPSA) is 104 Å². The summed E-state index contributed by atoms with van der Waals surface area (Å²) in [5, 5.41) is 0. The average Bonchev–Trinajstić information content (AvgIpc) is 3.55. The summed E-state index contributed by atoms with van der Waals surface area (Å²) in [5.74, 6) is 1.67. The number of nitrogen functional groups attached to an aromatic ring is 1. The molecule has 2 aromatic heterocycles. The number of nitrogens with zero attached hydrogens (tertiary/aromatic N) is 4. The number of pyridine rings is 1. The van der Waals surface area contributed by atoms with Crippen LogP contribution in [0.15, 0.2) is 53.4 Å². The third kappa shape index (κ3) is 4.20. The molecule has 33 heavy (non-hydrogen) atoms. The van der Waals surface area contributed by atoms with Gasteiger partial charge < -0.3 is 20.8 Å². The van der Waals surface area contributed by atoms with Gasteiger partial charge in [-0.15, -0.1) is 0 Å². The second-order valence-electron chi connectivity index (χ2n) is 8.76. The maximum absolute atomic E-state index is 14.3. The number of aromatic nitrogens is 3. The molecule has 1 unspecified atom stereocenters. The summed E-state index contributed by atoms with van der Waals surface area (Å²) >= 11 is 0. The van der Waals surface area contributed by atoms with Crippen molar-refractivity contribution in [1.29, 1.82) is 0 Å². The molecule has 1 fully saturated rings. The Bertz CT molecular complexity index is 1270. The lowest BCUT2D eigenvalue weighted by atomic mass is 10.0. The summed E-state index contributed by atoms with van der Waals surface area (Å²) in [6.07, 6.45) is 7.15. The van der Waals surface area contributed by atoms with E-state index in [4.69, 9.17) is 26.2 Å². The van der Waals surface area contributed by atoms with E-state index < -0.39 is 6.10 Å². The van der Waals surface area contributed by atoms with Crippen LogP contribution in [0.2, 0.25) is 0 Å². The van der Waals surface area contributed by atoms with Crippen molar-refractivity contribution in [2.24, 2.45) is 16.6 Å². The summed E-state index contributed by atoms with van der Waals surface area (Å²) in [4.78, 5) is 14.0. The van der Waals surface area contributed by atoms with Gasteiger partial charge in [-0.2, -0.15) is 0 Å². The first-order chi connectivity index (χ1) is 15.9. The Hall–Kier alpha value is -3.68. The van der Waals surface area contributed by atoms with Crippen LogP contribution in [-0.2, 0) is 6.54 Å². The van der Waals surface area contributed by atoms with Gasteiger partial charge in [-0.3, -0.25) is 4.99 Å². The van der Waals surface area contributed by atoms with E-state index in [9.17, 15) is 4.39 Å². The largest absolute Gasteiger partial charge is 0.482 e. The minimum Gasteiger partial charge on any atom is -0.482 e. The van der Waals surface area contributed by atoms with E-state index in [0.717, 1.165) is 34.7 Å². The lowest BCUT2D eigenvalue weighted by Gasteiger charge is -2.22. The Morgan fingerprint density at radius 2 is 2.12 bits per heavy atom. The molecule has 1 aromatic carbocycles. The molecule has 4 N–H and O–H groups in total. The lowest BCUT2D eigenvalue weighted by Crippen LogP contribution is -2.17. The lowest BCUT2D eigenvalue weighted by molar-refractivity contribution is 0.227. The number of benzene rings is 1. The van der Waals surface area contributed by atoms with Crippen LogP contribution in [0.3, 0.4) is 0 Å². The van der Waals surface area contributed by atoms with Gasteiger partial charge in [-0.25, -0.2) is 14.4 Å². The first-order valence-corrected chi connectivity index (χ1v) is 11.1. The molecule has 0 radical (unpaired) electrons. The number of ether oxygens (including phenoxy) is 1. The Morgan fingerprint density at radius 3 is 2.88 bits per heavy atom. The average molecular weight is 447 g/mol. The van der Waals surface area contributed by atoms with Crippen molar-refractivity contribution >= 4 is 11.5 Å². The number of anilines is 1. The van der Waals surface area contributed by atoms with Crippen molar-refractivity contribution in [2.45, 2.75) is 39.3 Å². The van der Waals surface area contributed by atoms with Crippen LogP contribution in [-0.4, -0.2) is 26.8 Å². The number of rotatable bonds is 2. The predicted octanol–water partition coefficient (Wildman–Crippen LogP) is 4.17. The summed E-state index contributed by atoms with van der Waals surface area (Å²) in [5.41, 5.74) is 17.0. The minimum atomic E-state index is -0.490. The monoisotopic (exact) mass is 446 g/mol. The van der Waals surface area contributed by atoms with E-state index in [1.165, 1.54) is 25.0 Å². The molecule has 2 bridgehead atoms. The molecule has 8 heteroatoms. The van der Waals surface area contributed by atoms with Crippen molar-refractivity contribution < 1.29 is 9.13 Å². The molecule has 0 spiro atoms. The quantitative estimate of drug-likeness (QED) is 0.615. The Labute approximate surface area is 192 Å². The van der Waals surface area contributed by atoms with Crippen LogP contribution in [0.5, 0.6) is 5.75 Å². The van der Waals surface area contributed by atoms with Gasteiger partial charge in [-0.05, 0) is 56.9 Å². The molecule has 1 saturated carbocycles. The highest BCUT2D eigenvalue weighted by Crippen LogP contribution is 2.35. The highest BCUT2D eigenvalue weighted by molar-refractivity contribution is 6.12. The van der Waals surface area contributed by atoms with Crippen LogP contribution < -0.4 is 16.2 Å². The van der Waals surface area contributed by atoms with E-state index >= 15 is 0 Å². The Kier molecular flexibility index (Phi) is 5.36. The molecule has 2 aliphatic rings. The molecule has 3 heterocycles. The number of fused-ring (bicyclic) bond motifs is 5. The molecule has 7 nitrogen and oxygen atoms in total. The molecule has 170 valence electrons. The molecule has 3 aromatic rings. The van der Waals surface area contributed by atoms with Gasteiger partial charge in [0.05, 0.1) is 18.0 Å². The SMILES string of the molecule is Cc1cn2c(n1)-c1ccc(F)cc1C(C)Oc1cc(cnc1N)C(=NCC1CC1)C(=CN)C2. The first-order valence-electron chi connectivity index (χ1n) is 11.1. The maximum atomic E-state index is 14.3. The summed E-state index contributed by atoms with van der Waals surface area (Å²) in [7, 11) is 0. The predicted molar refractivity (Wildman–Crippen MR) is 126 cm³/mol. The van der Waals surface area contributed by atoms with Crippen molar-refractivity contribution in [3.05, 3.63) is 71.1 Å². The molecule has 1 aliphatic heterocycles. The smallest absolute Gasteiger partial charge is 0.166 e. The minimum absolute atomic E-state index is 0.262. The summed E-state index contributed by atoms with van der Waals surface area (Å²) in [6.45, 7) is 5.00. The number of nitrogens with two attached hydrogens (primary N) is 2. The molecule has 5 rings (SSSR count). The van der Waals surface area contributed by atoms with Gasteiger partial charge in [0.2, 0.25) is 0 Å². The molecule has 1 aliphatic carbocycles. The molecular formula is C25H27FN6O. The molecular weight excluding hydrogens is 419 g/mol. The Morgan fingerprint density at radius 1 is 1.30 bits per heavy atom. The highest BCUT2D eigenvalue weighted by Gasteiger charge is 2.25. The van der Waals surface area contributed by atoms with E-state index in [0.29, 0.717) is 29.6 Å². The van der Waals surface area contributed by atoms with Gasteiger partial charge in [0.1, 0.15) is 17.7 Å². The third-order valence-electron chi connectivity index (χ3n) is 6.10. The van der Waals surface area contributed by atoms with Crippen molar-refractivity contribution in [3.63, 3.8) is 0 Å². The van der Waals surface area contributed by atoms with Crippen LogP contribution in [0.25, 0.3) is 11.4 Å². The van der Waals surface area contributed by atoms with Gasteiger partial charge >= 0.3 is 0 Å². The van der Waals surface area contributed by atoms with Gasteiger partial charge in [0, 0.05) is 47.4 Å². The maximum Gasteiger partial charge on any atom is 0.166 e. The standard InChI is InChI=1S/C25H27FN6O/c1-14-12-32-13-18(9-27)23(29-10-16-3-4-16)17-7-22(24(28)30-11-17)33-15(2)21-8-19(26)5-6-20(21)25(32)31-14/h5-9,11-12,15-16H,3-4,10,13,27H2,1-2H3,(H2,28,30). The van der Waals surface area contributed by atoms with E-state index in [1.54, 1.807) is 18.5 Å². The zero-order chi connectivity index (χ0) is 23.1. The second kappa shape index (κ2) is 8.35. The number of aryl methyl sites for hydroxylation is 1. The van der Waals surface area contributed by atoms with Gasteiger partial charge in [0.15, 0.2) is 11.6 Å². The van der Waals surface area contributed by atoms with Crippen LogP contribution in [0, 0.1) is 18.7 Å². The highest BCUT2D eigenvalue weighted by atomic mass is 19.1. The number of halogens is 1. The zero-order valence-corrected chi connectivity index (χ0v) is 18.8. The number of imidazole rings is 1. The number of aliphatic imine (C=N–C) groups is 1. The van der Waals surface area contributed by atoms with Gasteiger partial charge in [-0.1, -0.05) is 0 Å². The fraction of sp³-hybridized carbons (Fsp3) is 0.320. The number of allylic oxidation sites excluding steroid dienone is 1. The summed E-state index contributed by atoms with van der Waals surface area (Å²) < 4.78 is 22.5. The van der Waals surface area contributed by atoms with Crippen LogP contribution in [0.4, 0.5) is 10.2 Å². The zero-order valence-electron chi connectivity index (χ0n) is 18.8. The summed E-state index contributed by atoms with van der Waals surface area (Å²) in [6, 6.07) is 6.50. The third-order valence-corrected chi connectivity index (χ3v) is 6.10. The Balaban J connectivity index is 1.72. The second-order valence-corrected chi connectivity index (χ2v) is 8.76. The van der Waals surface area contributed by atoms with Crippen molar-refractivity contribution in [1.82, 2.24) is 14.5 Å². The van der Waals surface area contributed by atoms with Crippen LogP contribution in [0.1, 0.15) is 42.7 Å². The molecule has 0 amide bonds. The first kappa shape index (κ1) is 21.2. The van der Waals surface area contributed by atoms with Crippen molar-refractivity contribution in [2.75, 3.05) is 12.3 Å². The van der Waals surface area contributed by atoms with Crippen LogP contribution >= 0.6 is 0 Å². The van der Waals surface area contributed by atoms with E-state index in [1.807, 2.05) is 30.7 Å². The number of hydrogen-bond acceptors (Lipinski definition) is 6. The van der Waals surface area contributed by atoms with Gasteiger partial charge in [0.25, 0.3) is 0 Å². The number of hydrogen-bond donors (Lipinski definition) is 2. The molecule has 1 atom stereocenters. The van der Waals surface area contributed by atoms with Crippen molar-refractivity contribution in [3.8, 4) is 17.1 Å². The fourth-order valence-corrected chi connectivity index (χ4v) is 4.18. The normalized spacial score (nSPS) is 20.5. The fourth-order valence-electron chi connectivity index (χ4n) is 4.18. The van der Waals surface area contributed by atoms with E-state index in [2.05, 4.69) is 4.98 Å². The van der Waals surface area contributed by atoms with E-state index in [-0.39, 0.29) is 11.6 Å².